The lowest BCUT2D eigenvalue weighted by Gasteiger charge is -2.33. The van der Waals surface area contributed by atoms with Crippen LogP contribution >= 0.6 is 0 Å². The SMILES string of the molecule is CCCCCCCCN1/C(=C/C2=C([O-])C(=C/C3=[N+](CCCCCCCC)c4ccc(C#Cc5ccc(-c6c7nc(c(-c8c(C)cc(C)cc8C)c8ccc([nH]8)c(-c8c(C)cc(C)cc8C)c8nc(c(-c9c(C)cc(C)cc9C)c9ccc6[nH]9)C=C8)C=C7)cc5)cc4C3(C)C)/C2=O)C(C)(C)c2cc(C(=O)O)ccc21. The molecule has 8 bridgehead atoms. The van der Waals surface area contributed by atoms with Crippen molar-refractivity contribution in [2.24, 2.45) is 0 Å². The Morgan fingerprint density at radius 2 is 0.944 bits per heavy atom. The number of benzene rings is 6. The standard InChI is InChI=1S/C98H102N6O4/c1-16-18-20-22-24-26-46-103-83-44-32-68(54-73(83)97(12,13)85(103)56-71-94(105)72(95(71)106)57-86-98(14,15)74-55-70(96(107)108)35-45-84(74)104(86)47-27-25-23-21-19-17-2)29-28-67-30-33-69(34-31-67)90-75-36-38-77(99-75)91(87-61(6)48-58(3)49-62(87)7)79-40-42-81(101-79)93(89-65(10)52-60(5)53-66(89)11)82-43-41-80(102-82)92(78-39-37-76(90)100-78)88-63(8)50-59(4)51-64(88)9/h30-45,48-57H,16-27,46-47H2,1-15H3,(H3,105,106,107,108)/b86-57+,90-75?,90-76?,91-77?,91-79?,92-78?,92-80?,93-81?,93-82?. The zero-order valence-electron chi connectivity index (χ0n) is 65.9. The van der Waals surface area contributed by atoms with Crippen LogP contribution in [0.15, 0.2) is 156 Å². The van der Waals surface area contributed by atoms with E-state index in [2.05, 4.69) is 263 Å². The number of fused-ring (bicyclic) bond motifs is 10. The quantitative estimate of drug-likeness (QED) is 0.0282. The van der Waals surface area contributed by atoms with Gasteiger partial charge in [-0.15, -0.1) is 0 Å². The molecule has 0 amide bonds. The summed E-state index contributed by atoms with van der Waals surface area (Å²) in [5.74, 6) is 5.60. The van der Waals surface area contributed by atoms with Gasteiger partial charge in [0.25, 0.3) is 0 Å². The minimum Gasteiger partial charge on any atom is -0.871 e. The minimum absolute atomic E-state index is 0.168. The van der Waals surface area contributed by atoms with Crippen LogP contribution in [0.1, 0.15) is 224 Å². The van der Waals surface area contributed by atoms with Gasteiger partial charge in [0.2, 0.25) is 5.69 Å². The third-order valence-electron chi connectivity index (χ3n) is 23.1. The topological polar surface area (TPSA) is 141 Å². The normalized spacial score (nSPS) is 15.4. The molecule has 10 heteroatoms. The van der Waals surface area contributed by atoms with E-state index in [-0.39, 0.29) is 28.3 Å². The average molecular weight is 1430 g/mol. The molecule has 108 heavy (non-hydrogen) atoms. The number of unbranched alkanes of at least 4 members (excludes halogenated alkanes) is 10. The summed E-state index contributed by atoms with van der Waals surface area (Å²) in [7, 11) is 0. The number of aryl methyl sites for hydroxylation is 9. The van der Waals surface area contributed by atoms with Crippen molar-refractivity contribution in [3.05, 3.63) is 257 Å². The van der Waals surface area contributed by atoms with Gasteiger partial charge in [-0.1, -0.05) is 168 Å². The number of aromatic nitrogens is 4. The van der Waals surface area contributed by atoms with Crippen LogP contribution < -0.4 is 10.0 Å². The lowest BCUT2D eigenvalue weighted by Crippen LogP contribution is -2.35. The van der Waals surface area contributed by atoms with Crippen LogP contribution in [0.5, 0.6) is 0 Å². The first kappa shape index (κ1) is 74.0. The third-order valence-corrected chi connectivity index (χ3v) is 23.1. The van der Waals surface area contributed by atoms with Crippen LogP contribution in [0.25, 0.3) is 90.9 Å². The molecule has 10 nitrogen and oxygen atoms in total. The molecule has 0 saturated heterocycles. The number of hydrogen-bond acceptors (Lipinski definition) is 6. The molecule has 3 aromatic heterocycles. The van der Waals surface area contributed by atoms with Crippen molar-refractivity contribution >= 4 is 75.2 Å². The molecule has 9 aromatic rings. The number of H-pyrrole nitrogens is 2. The summed E-state index contributed by atoms with van der Waals surface area (Å²) in [6.07, 6.45) is 25.9. The number of carboxylic acid groups (broad SMARTS) is 1. The Labute approximate surface area is 638 Å². The molecule has 0 saturated carbocycles. The molecule has 1 aliphatic carbocycles. The summed E-state index contributed by atoms with van der Waals surface area (Å²) in [5, 5.41) is 24.8. The smallest absolute Gasteiger partial charge is 0.335 e. The van der Waals surface area contributed by atoms with Gasteiger partial charge in [0.05, 0.1) is 33.8 Å². The van der Waals surface area contributed by atoms with Crippen LogP contribution in [0.2, 0.25) is 0 Å². The Bertz CT molecular complexity index is 5530. The number of aromatic amines is 2. The highest BCUT2D eigenvalue weighted by Gasteiger charge is 2.47. The van der Waals surface area contributed by atoms with Gasteiger partial charge in [-0.3, -0.25) is 4.79 Å². The maximum Gasteiger partial charge on any atom is 0.335 e. The number of nitrogens with one attached hydrogen (secondary N) is 2. The molecule has 0 fully saturated rings. The molecule has 0 radical (unpaired) electrons. The number of allylic oxidation sites excluding steroid dienone is 5. The largest absolute Gasteiger partial charge is 0.871 e. The second kappa shape index (κ2) is 30.0. The van der Waals surface area contributed by atoms with Crippen LogP contribution in [0.4, 0.5) is 11.4 Å². The van der Waals surface area contributed by atoms with E-state index < -0.39 is 16.8 Å². The fraction of sp³-hybridized carbons (Fsp3) is 0.316. The van der Waals surface area contributed by atoms with E-state index in [0.29, 0.717) is 6.54 Å². The third kappa shape index (κ3) is 13.9. The maximum atomic E-state index is 14.7. The molecule has 3 N–H and O–H groups in total. The van der Waals surface area contributed by atoms with Gasteiger partial charge >= 0.3 is 5.97 Å². The van der Waals surface area contributed by atoms with Gasteiger partial charge in [0.1, 0.15) is 6.54 Å². The zero-order valence-corrected chi connectivity index (χ0v) is 65.9. The Balaban J connectivity index is 0.852. The molecular weight excluding hydrogens is 1330 g/mol. The number of Topliss-reactive ketones (excluding diaryl/α,β-unsaturated/α-hetero) is 1. The number of ketones is 1. The first-order chi connectivity index (χ1) is 51.8. The molecule has 5 aliphatic rings. The van der Waals surface area contributed by atoms with E-state index in [1.54, 1.807) is 18.2 Å². The van der Waals surface area contributed by atoms with Gasteiger partial charge in [0, 0.05) is 114 Å². The summed E-state index contributed by atoms with van der Waals surface area (Å²) in [5.41, 5.74) is 33.3. The monoisotopic (exact) mass is 1430 g/mol. The van der Waals surface area contributed by atoms with Crippen molar-refractivity contribution in [2.45, 2.75) is 192 Å². The molecule has 6 aromatic carbocycles. The van der Waals surface area contributed by atoms with Crippen LogP contribution in [0, 0.1) is 74.2 Å². The first-order valence-electron chi connectivity index (χ1n) is 39.2. The first-order valence-corrected chi connectivity index (χ1v) is 39.2. The summed E-state index contributed by atoms with van der Waals surface area (Å²) in [4.78, 5) is 48.6. The van der Waals surface area contributed by atoms with E-state index in [1.165, 1.54) is 88.6 Å². The Morgan fingerprint density at radius 1 is 0.500 bits per heavy atom. The fourth-order valence-corrected chi connectivity index (χ4v) is 17.9. The highest BCUT2D eigenvalue weighted by atomic mass is 16.4. The number of hydrogen-bond donors (Lipinski definition) is 3. The van der Waals surface area contributed by atoms with Crippen molar-refractivity contribution in [3.63, 3.8) is 0 Å². The number of anilines is 1. The zero-order chi connectivity index (χ0) is 76.2. The lowest BCUT2D eigenvalue weighted by atomic mass is 9.77. The molecule has 14 rings (SSSR count). The van der Waals surface area contributed by atoms with E-state index in [4.69, 9.17) is 9.97 Å². The highest BCUT2D eigenvalue weighted by Crippen LogP contribution is 2.51. The van der Waals surface area contributed by atoms with E-state index in [1.807, 2.05) is 12.1 Å². The fourth-order valence-electron chi connectivity index (χ4n) is 17.9. The van der Waals surface area contributed by atoms with Gasteiger partial charge in [0.15, 0.2) is 11.5 Å². The van der Waals surface area contributed by atoms with E-state index in [0.717, 1.165) is 179 Å². The molecule has 0 atom stereocenters. The van der Waals surface area contributed by atoms with Crippen LogP contribution in [-0.2, 0) is 15.6 Å². The van der Waals surface area contributed by atoms with Crippen LogP contribution in [0.3, 0.4) is 0 Å². The maximum absolute atomic E-state index is 14.7. The molecule has 548 valence electrons. The van der Waals surface area contributed by atoms with Gasteiger partial charge in [-0.25, -0.2) is 14.8 Å². The summed E-state index contributed by atoms with van der Waals surface area (Å²) >= 11 is 0. The van der Waals surface area contributed by atoms with Gasteiger partial charge in [-0.2, -0.15) is 4.58 Å². The number of carbonyl (C=O) groups is 2. The summed E-state index contributed by atoms with van der Waals surface area (Å²) < 4.78 is 2.34. The van der Waals surface area contributed by atoms with Crippen LogP contribution in [-0.4, -0.2) is 60.2 Å². The second-order valence-electron chi connectivity index (χ2n) is 32.1. The Morgan fingerprint density at radius 3 is 1.43 bits per heavy atom. The van der Waals surface area contributed by atoms with Gasteiger partial charge in [-0.05, 0) is 247 Å². The number of carboxylic acids is 1. The molecular formula is C98H102N6O4. The highest BCUT2D eigenvalue weighted by molar-refractivity contribution is 6.24. The average Bonchev–Trinajstić information content (AvgIpc) is 1.55. The van der Waals surface area contributed by atoms with Crippen molar-refractivity contribution < 1.29 is 24.4 Å². The predicted molar refractivity (Wildman–Crippen MR) is 447 cm³/mol. The van der Waals surface area contributed by atoms with E-state index >= 15 is 0 Å². The molecule has 0 spiro atoms. The number of aromatic carboxylic acids is 1. The Hall–Kier alpha value is -10.9. The van der Waals surface area contributed by atoms with Crippen molar-refractivity contribution in [1.29, 1.82) is 0 Å². The van der Waals surface area contributed by atoms with Crippen molar-refractivity contribution in [2.75, 3.05) is 18.0 Å². The summed E-state index contributed by atoms with van der Waals surface area (Å²) in [6.45, 7) is 34.2. The molecule has 4 aliphatic heterocycles. The summed E-state index contributed by atoms with van der Waals surface area (Å²) in [6, 6.07) is 42.8. The number of carbonyl (C=O) groups excluding carboxylic acids is 1. The number of nitrogens with zero attached hydrogens (tertiary/aromatic N) is 4. The minimum atomic E-state index is -0.988. The van der Waals surface area contributed by atoms with E-state index in [9.17, 15) is 19.8 Å². The van der Waals surface area contributed by atoms with Gasteiger partial charge < -0.3 is 25.1 Å². The Kier molecular flexibility index (Phi) is 20.6. The predicted octanol–water partition coefficient (Wildman–Crippen LogP) is 23.1. The molecule has 7 heterocycles. The lowest BCUT2D eigenvalue weighted by molar-refractivity contribution is -0.438. The van der Waals surface area contributed by atoms with Crippen molar-refractivity contribution in [3.8, 4) is 56.3 Å². The second-order valence-corrected chi connectivity index (χ2v) is 32.1. The number of rotatable bonds is 21. The van der Waals surface area contributed by atoms with Crippen molar-refractivity contribution in [1.82, 2.24) is 19.9 Å². The molecule has 0 unspecified atom stereocenters.